The predicted octanol–water partition coefficient (Wildman–Crippen LogP) is 6.17. The van der Waals surface area contributed by atoms with Crippen LogP contribution in [0.25, 0.3) is 0 Å². The van der Waals surface area contributed by atoms with Crippen molar-refractivity contribution in [3.63, 3.8) is 0 Å². The van der Waals surface area contributed by atoms with E-state index in [1.807, 2.05) is 24.3 Å². The van der Waals surface area contributed by atoms with Crippen LogP contribution in [-0.4, -0.2) is 23.6 Å². The van der Waals surface area contributed by atoms with Gasteiger partial charge in [0.2, 0.25) is 0 Å². The van der Waals surface area contributed by atoms with Crippen LogP contribution in [0.15, 0.2) is 30.5 Å². The lowest BCUT2D eigenvalue weighted by molar-refractivity contribution is -0.137. The molecule has 7 heteroatoms. The molecular formula is C21H28F3N3O. The van der Waals surface area contributed by atoms with Crippen LogP contribution in [0.1, 0.15) is 57.1 Å². The molecule has 0 aliphatic carbocycles. The summed E-state index contributed by atoms with van der Waals surface area (Å²) in [5.41, 5.74) is 0.907. The second kappa shape index (κ2) is 10.3. The van der Waals surface area contributed by atoms with Gasteiger partial charge in [0.25, 0.3) is 0 Å². The van der Waals surface area contributed by atoms with Gasteiger partial charge in [-0.15, -0.1) is 0 Å². The number of unbranched alkanes of at least 4 members (excludes halogenated alkanes) is 3. The molecule has 0 saturated carbocycles. The Bertz CT molecular complexity index is 733. The van der Waals surface area contributed by atoms with Crippen molar-refractivity contribution in [2.45, 2.75) is 58.5 Å². The molecule has 0 radical (unpaired) electrons. The first-order chi connectivity index (χ1) is 13.4. The number of aryl methyl sites for hydroxylation is 1. The molecule has 0 bridgehead atoms. The number of alkyl halides is 3. The van der Waals surface area contributed by atoms with Crippen LogP contribution in [0.4, 0.5) is 24.7 Å². The smallest absolute Gasteiger partial charge is 0.421 e. The predicted molar refractivity (Wildman–Crippen MR) is 105 cm³/mol. The highest BCUT2D eigenvalue weighted by atomic mass is 19.4. The first-order valence-electron chi connectivity index (χ1n) is 9.76. The Morgan fingerprint density at radius 1 is 1.00 bits per heavy atom. The third-order valence-corrected chi connectivity index (χ3v) is 4.49. The van der Waals surface area contributed by atoms with Crippen LogP contribution in [0.5, 0.6) is 6.01 Å². The third-order valence-electron chi connectivity index (χ3n) is 4.49. The number of anilines is 2. The van der Waals surface area contributed by atoms with E-state index in [4.69, 9.17) is 4.74 Å². The van der Waals surface area contributed by atoms with Crippen LogP contribution in [0, 0.1) is 0 Å². The second-order valence-corrected chi connectivity index (χ2v) is 6.77. The fourth-order valence-corrected chi connectivity index (χ4v) is 2.79. The number of halogens is 3. The van der Waals surface area contributed by atoms with Crippen molar-refractivity contribution in [1.82, 2.24) is 9.97 Å². The van der Waals surface area contributed by atoms with Gasteiger partial charge in [-0.3, -0.25) is 0 Å². The number of hydrogen-bond donors (Lipinski definition) is 0. The highest BCUT2D eigenvalue weighted by molar-refractivity contribution is 5.63. The van der Waals surface area contributed by atoms with Crippen LogP contribution >= 0.6 is 0 Å². The molecule has 2 rings (SSSR count). The summed E-state index contributed by atoms with van der Waals surface area (Å²) in [6.07, 6.45) is 2.20. The number of rotatable bonds is 10. The maximum atomic E-state index is 13.5. The molecule has 0 aliphatic heterocycles. The van der Waals surface area contributed by atoms with E-state index >= 15 is 0 Å². The van der Waals surface area contributed by atoms with E-state index in [0.29, 0.717) is 12.3 Å². The fraction of sp³-hybridized carbons (Fsp3) is 0.524. The second-order valence-electron chi connectivity index (χ2n) is 6.77. The molecule has 4 nitrogen and oxygen atoms in total. The van der Waals surface area contributed by atoms with Gasteiger partial charge >= 0.3 is 12.2 Å². The molecule has 1 aromatic carbocycles. The van der Waals surface area contributed by atoms with Gasteiger partial charge in [0.05, 0.1) is 6.61 Å². The van der Waals surface area contributed by atoms with Crippen molar-refractivity contribution < 1.29 is 17.9 Å². The van der Waals surface area contributed by atoms with Gasteiger partial charge in [0, 0.05) is 18.9 Å². The Morgan fingerprint density at radius 3 is 2.29 bits per heavy atom. The normalized spacial score (nSPS) is 11.5. The summed E-state index contributed by atoms with van der Waals surface area (Å²) in [4.78, 5) is 9.23. The van der Waals surface area contributed by atoms with E-state index in [-0.39, 0.29) is 11.8 Å². The van der Waals surface area contributed by atoms with Crippen LogP contribution < -0.4 is 9.64 Å². The Kier molecular flexibility index (Phi) is 8.08. The fourth-order valence-electron chi connectivity index (χ4n) is 2.79. The summed E-state index contributed by atoms with van der Waals surface area (Å²) < 4.78 is 45.8. The van der Waals surface area contributed by atoms with Crippen molar-refractivity contribution in [3.8, 4) is 6.01 Å². The monoisotopic (exact) mass is 395 g/mol. The van der Waals surface area contributed by atoms with Crippen LogP contribution in [0.2, 0.25) is 0 Å². The van der Waals surface area contributed by atoms with Gasteiger partial charge in [-0.25, -0.2) is 4.98 Å². The number of benzene rings is 1. The van der Waals surface area contributed by atoms with E-state index in [0.717, 1.165) is 50.3 Å². The van der Waals surface area contributed by atoms with Crippen LogP contribution in [0.3, 0.4) is 0 Å². The summed E-state index contributed by atoms with van der Waals surface area (Å²) in [6, 6.07) is 7.48. The molecule has 2 aromatic rings. The molecule has 154 valence electrons. The van der Waals surface area contributed by atoms with Gasteiger partial charge in [0.1, 0.15) is 5.56 Å². The zero-order chi connectivity index (χ0) is 20.6. The zero-order valence-corrected chi connectivity index (χ0v) is 16.7. The molecule has 0 spiro atoms. The lowest BCUT2D eigenvalue weighted by Crippen LogP contribution is -2.19. The lowest BCUT2D eigenvalue weighted by Gasteiger charge is -2.23. The average molecular weight is 395 g/mol. The molecule has 0 N–H and O–H groups in total. The molecule has 28 heavy (non-hydrogen) atoms. The van der Waals surface area contributed by atoms with E-state index in [9.17, 15) is 13.2 Å². The minimum absolute atomic E-state index is 0.0366. The number of nitrogens with zero attached hydrogens (tertiary/aromatic N) is 3. The number of ether oxygens (including phenoxy) is 1. The summed E-state index contributed by atoms with van der Waals surface area (Å²) in [5, 5.41) is 0. The van der Waals surface area contributed by atoms with Gasteiger partial charge in [-0.1, -0.05) is 45.2 Å². The van der Waals surface area contributed by atoms with E-state index in [2.05, 4.69) is 23.8 Å². The van der Waals surface area contributed by atoms with Crippen molar-refractivity contribution in [3.05, 3.63) is 41.6 Å². The Labute approximate surface area is 164 Å². The van der Waals surface area contributed by atoms with Crippen molar-refractivity contribution >= 4 is 11.5 Å². The molecule has 1 aromatic heterocycles. The zero-order valence-electron chi connectivity index (χ0n) is 16.7. The summed E-state index contributed by atoms with van der Waals surface area (Å²) in [6.45, 7) is 4.57. The minimum atomic E-state index is -4.55. The first-order valence-corrected chi connectivity index (χ1v) is 9.76. The number of aromatic nitrogens is 2. The van der Waals surface area contributed by atoms with Crippen LogP contribution in [-0.2, 0) is 12.6 Å². The first kappa shape index (κ1) is 22.0. The summed E-state index contributed by atoms with van der Waals surface area (Å²) in [7, 11) is 1.57. The SMILES string of the molecule is CCCCCOc1ncc(C(F)(F)F)c(N(C)c2ccc(CCCC)cc2)n1. The van der Waals surface area contributed by atoms with E-state index in [1.165, 1.54) is 4.90 Å². The lowest BCUT2D eigenvalue weighted by atomic mass is 10.1. The summed E-state index contributed by atoms with van der Waals surface area (Å²) >= 11 is 0. The molecule has 0 aliphatic rings. The Morgan fingerprint density at radius 2 is 1.68 bits per heavy atom. The molecule has 0 unspecified atom stereocenters. The summed E-state index contributed by atoms with van der Waals surface area (Å²) in [5.74, 6) is -0.214. The number of hydrogen-bond acceptors (Lipinski definition) is 4. The maximum absolute atomic E-state index is 13.5. The van der Waals surface area contributed by atoms with E-state index in [1.54, 1.807) is 7.05 Å². The van der Waals surface area contributed by atoms with Crippen molar-refractivity contribution in [2.24, 2.45) is 0 Å². The molecular weight excluding hydrogens is 367 g/mol. The highest BCUT2D eigenvalue weighted by Crippen LogP contribution is 2.37. The third kappa shape index (κ3) is 6.11. The molecule has 1 heterocycles. The molecule has 0 fully saturated rings. The molecule has 0 saturated heterocycles. The molecule has 0 amide bonds. The molecule has 0 atom stereocenters. The van der Waals surface area contributed by atoms with Gasteiger partial charge in [-0.05, 0) is 37.0 Å². The van der Waals surface area contributed by atoms with Crippen molar-refractivity contribution in [1.29, 1.82) is 0 Å². The van der Waals surface area contributed by atoms with E-state index < -0.39 is 11.7 Å². The largest absolute Gasteiger partial charge is 0.463 e. The average Bonchev–Trinajstić information content (AvgIpc) is 2.68. The standard InChI is InChI=1S/C21H28F3N3O/c1-4-6-8-14-28-20-25-15-18(21(22,23)24)19(26-20)27(3)17-12-10-16(11-13-17)9-7-5-2/h10-13,15H,4-9,14H2,1-3H3. The Balaban J connectivity index is 2.26. The van der Waals surface area contributed by atoms with Gasteiger partial charge < -0.3 is 9.64 Å². The minimum Gasteiger partial charge on any atom is -0.463 e. The van der Waals surface area contributed by atoms with Crippen molar-refractivity contribution in [2.75, 3.05) is 18.6 Å². The quantitative estimate of drug-likeness (QED) is 0.451. The Hall–Kier alpha value is -2.31. The van der Waals surface area contributed by atoms with Gasteiger partial charge in [-0.2, -0.15) is 18.2 Å². The van der Waals surface area contributed by atoms with Gasteiger partial charge in [0.15, 0.2) is 5.82 Å². The topological polar surface area (TPSA) is 38.2 Å². The maximum Gasteiger partial charge on any atom is 0.421 e. The highest BCUT2D eigenvalue weighted by Gasteiger charge is 2.36.